The van der Waals surface area contributed by atoms with Gasteiger partial charge >= 0.3 is 12.1 Å². The predicted octanol–water partition coefficient (Wildman–Crippen LogP) is 0.143. The van der Waals surface area contributed by atoms with Gasteiger partial charge in [0.05, 0.1) is 11.8 Å². The molecular formula is C10H14F3NO5S. The van der Waals surface area contributed by atoms with Crippen LogP contribution < -0.4 is 0 Å². The molecule has 20 heavy (non-hydrogen) atoms. The number of rotatable bonds is 4. The fourth-order valence-corrected chi connectivity index (χ4v) is 2.73. The van der Waals surface area contributed by atoms with Crippen LogP contribution in [0.2, 0.25) is 0 Å². The lowest BCUT2D eigenvalue weighted by molar-refractivity contribution is -0.188. The Kier molecular flexibility index (Phi) is 4.67. The number of carboxylic acids is 1. The number of hydrogen-bond donors (Lipinski definition) is 1. The summed E-state index contributed by atoms with van der Waals surface area (Å²) in [6.45, 7) is -0.138. The zero-order chi connectivity index (χ0) is 15.7. The van der Waals surface area contributed by atoms with E-state index < -0.39 is 58.6 Å². The van der Waals surface area contributed by atoms with Gasteiger partial charge in [0.1, 0.15) is 5.75 Å². The van der Waals surface area contributed by atoms with Crippen LogP contribution in [0, 0.1) is 11.8 Å². The van der Waals surface area contributed by atoms with Gasteiger partial charge in [0.25, 0.3) is 0 Å². The van der Waals surface area contributed by atoms with E-state index in [4.69, 9.17) is 5.11 Å². The summed E-state index contributed by atoms with van der Waals surface area (Å²) in [5.41, 5.74) is 0. The van der Waals surface area contributed by atoms with E-state index in [0.29, 0.717) is 4.90 Å². The third-order valence-electron chi connectivity index (χ3n) is 3.19. The molecule has 6 nitrogen and oxygen atoms in total. The second-order valence-electron chi connectivity index (χ2n) is 4.57. The third-order valence-corrected chi connectivity index (χ3v) is 4.76. The number of amides is 1. The second kappa shape index (κ2) is 5.58. The molecule has 0 unspecified atom stereocenters. The van der Waals surface area contributed by atoms with Crippen LogP contribution in [-0.4, -0.2) is 61.1 Å². The van der Waals surface area contributed by atoms with E-state index in [1.807, 2.05) is 0 Å². The number of aliphatic carboxylic acids is 1. The SMILES string of the molecule is CCS(=O)(=O)CC(=O)N1C[C@@H](C(F)(F)F)[C@H](C(=O)O)C1. The molecule has 1 saturated heterocycles. The van der Waals surface area contributed by atoms with Crippen molar-refractivity contribution >= 4 is 21.7 Å². The van der Waals surface area contributed by atoms with Gasteiger partial charge in [0, 0.05) is 18.8 Å². The molecule has 1 aliphatic rings. The summed E-state index contributed by atoms with van der Waals surface area (Å²) >= 11 is 0. The van der Waals surface area contributed by atoms with Crippen molar-refractivity contribution in [1.82, 2.24) is 4.90 Å². The zero-order valence-electron chi connectivity index (χ0n) is 10.6. The molecule has 0 aromatic rings. The van der Waals surface area contributed by atoms with Gasteiger partial charge in [-0.1, -0.05) is 6.92 Å². The molecule has 1 amide bonds. The molecule has 0 aromatic carbocycles. The highest BCUT2D eigenvalue weighted by atomic mass is 32.2. The average Bonchev–Trinajstić information content (AvgIpc) is 2.73. The van der Waals surface area contributed by atoms with Crippen molar-refractivity contribution in [2.75, 3.05) is 24.6 Å². The smallest absolute Gasteiger partial charge is 0.394 e. The largest absolute Gasteiger partial charge is 0.481 e. The summed E-state index contributed by atoms with van der Waals surface area (Å²) in [4.78, 5) is 23.1. The lowest BCUT2D eigenvalue weighted by Crippen LogP contribution is -2.36. The van der Waals surface area contributed by atoms with Gasteiger partial charge in [-0.3, -0.25) is 9.59 Å². The monoisotopic (exact) mass is 317 g/mol. The van der Waals surface area contributed by atoms with Crippen LogP contribution in [0.3, 0.4) is 0 Å². The van der Waals surface area contributed by atoms with E-state index in [2.05, 4.69) is 0 Å². The molecule has 0 radical (unpaired) electrons. The molecule has 0 aromatic heterocycles. The van der Waals surface area contributed by atoms with Crippen molar-refractivity contribution in [2.45, 2.75) is 13.1 Å². The molecule has 1 N–H and O–H groups in total. The Morgan fingerprint density at radius 1 is 1.30 bits per heavy atom. The fourth-order valence-electron chi connectivity index (χ4n) is 1.97. The lowest BCUT2D eigenvalue weighted by Gasteiger charge is -2.18. The standard InChI is InChI=1S/C10H14F3NO5S/c1-2-20(18,19)5-8(15)14-3-6(9(16)17)7(4-14)10(11,12)13/h6-7H,2-5H2,1H3,(H,16,17)/t6-,7-/m1/s1. The maximum absolute atomic E-state index is 12.7. The van der Waals surface area contributed by atoms with Crippen molar-refractivity contribution in [1.29, 1.82) is 0 Å². The van der Waals surface area contributed by atoms with Crippen molar-refractivity contribution in [3.8, 4) is 0 Å². The van der Waals surface area contributed by atoms with Crippen molar-refractivity contribution < 1.29 is 36.3 Å². The summed E-state index contributed by atoms with van der Waals surface area (Å²) in [7, 11) is -3.67. The van der Waals surface area contributed by atoms with Crippen LogP contribution in [0.4, 0.5) is 13.2 Å². The average molecular weight is 317 g/mol. The highest BCUT2D eigenvalue weighted by Gasteiger charge is 2.53. The first-order valence-corrected chi connectivity index (χ1v) is 7.57. The summed E-state index contributed by atoms with van der Waals surface area (Å²) in [5, 5.41) is 8.77. The summed E-state index contributed by atoms with van der Waals surface area (Å²) in [6, 6.07) is 0. The molecule has 1 rings (SSSR count). The van der Waals surface area contributed by atoms with Crippen molar-refractivity contribution in [3.63, 3.8) is 0 Å². The molecular weight excluding hydrogens is 303 g/mol. The first-order chi connectivity index (χ1) is 8.98. The van der Waals surface area contributed by atoms with Crippen LogP contribution >= 0.6 is 0 Å². The Hall–Kier alpha value is -1.32. The Morgan fingerprint density at radius 3 is 2.20 bits per heavy atom. The molecule has 1 fully saturated rings. The molecule has 0 bridgehead atoms. The van der Waals surface area contributed by atoms with E-state index >= 15 is 0 Å². The molecule has 10 heteroatoms. The molecule has 2 atom stereocenters. The second-order valence-corrected chi connectivity index (χ2v) is 6.92. The third kappa shape index (κ3) is 3.84. The number of likely N-dealkylation sites (tertiary alicyclic amines) is 1. The van der Waals surface area contributed by atoms with E-state index in [-0.39, 0.29) is 5.75 Å². The van der Waals surface area contributed by atoms with Crippen LogP contribution in [0.5, 0.6) is 0 Å². The Morgan fingerprint density at radius 2 is 1.85 bits per heavy atom. The van der Waals surface area contributed by atoms with E-state index in [0.717, 1.165) is 0 Å². The molecule has 1 aliphatic heterocycles. The van der Waals surface area contributed by atoms with Gasteiger partial charge in [-0.05, 0) is 0 Å². The van der Waals surface area contributed by atoms with E-state index in [1.54, 1.807) is 0 Å². The quantitative estimate of drug-likeness (QED) is 0.796. The molecule has 0 aliphatic carbocycles. The Bertz CT molecular complexity index is 502. The molecule has 0 saturated carbocycles. The number of carbonyl (C=O) groups is 2. The maximum atomic E-state index is 12.7. The summed E-state index contributed by atoms with van der Waals surface area (Å²) < 4.78 is 60.6. The van der Waals surface area contributed by atoms with Crippen LogP contribution in [0.15, 0.2) is 0 Å². The number of nitrogens with zero attached hydrogens (tertiary/aromatic N) is 1. The van der Waals surface area contributed by atoms with Crippen molar-refractivity contribution in [3.05, 3.63) is 0 Å². The van der Waals surface area contributed by atoms with Crippen LogP contribution in [0.1, 0.15) is 6.92 Å². The maximum Gasteiger partial charge on any atom is 0.394 e. The number of carboxylic acid groups (broad SMARTS) is 1. The first kappa shape index (κ1) is 16.7. The minimum Gasteiger partial charge on any atom is -0.481 e. The highest BCUT2D eigenvalue weighted by molar-refractivity contribution is 7.92. The van der Waals surface area contributed by atoms with Crippen LogP contribution in [0.25, 0.3) is 0 Å². The molecule has 1 heterocycles. The number of hydrogen-bond acceptors (Lipinski definition) is 4. The predicted molar refractivity (Wildman–Crippen MR) is 61.6 cm³/mol. The van der Waals surface area contributed by atoms with Gasteiger partial charge in [-0.25, -0.2) is 8.42 Å². The van der Waals surface area contributed by atoms with Crippen LogP contribution in [-0.2, 0) is 19.4 Å². The first-order valence-electron chi connectivity index (χ1n) is 5.75. The topological polar surface area (TPSA) is 91.8 Å². The van der Waals surface area contributed by atoms with Gasteiger partial charge in [0.2, 0.25) is 5.91 Å². The number of alkyl halides is 3. The number of carbonyl (C=O) groups excluding carboxylic acids is 1. The summed E-state index contributed by atoms with van der Waals surface area (Å²) in [5.74, 6) is -7.79. The van der Waals surface area contributed by atoms with Gasteiger partial charge in [0.15, 0.2) is 9.84 Å². The van der Waals surface area contributed by atoms with Gasteiger partial charge < -0.3 is 10.0 Å². The number of halogens is 3. The fraction of sp³-hybridized carbons (Fsp3) is 0.800. The van der Waals surface area contributed by atoms with Gasteiger partial charge in [-0.15, -0.1) is 0 Å². The van der Waals surface area contributed by atoms with E-state index in [1.165, 1.54) is 6.92 Å². The zero-order valence-corrected chi connectivity index (χ0v) is 11.4. The van der Waals surface area contributed by atoms with Crippen molar-refractivity contribution in [2.24, 2.45) is 11.8 Å². The Balaban J connectivity index is 2.86. The molecule has 0 spiro atoms. The normalized spacial score (nSPS) is 23.9. The molecule has 116 valence electrons. The van der Waals surface area contributed by atoms with Gasteiger partial charge in [-0.2, -0.15) is 13.2 Å². The minimum atomic E-state index is -4.75. The Labute approximate surface area is 113 Å². The number of sulfone groups is 1. The minimum absolute atomic E-state index is 0.308. The van der Waals surface area contributed by atoms with E-state index in [9.17, 15) is 31.2 Å². The highest BCUT2D eigenvalue weighted by Crippen LogP contribution is 2.37. The summed E-state index contributed by atoms with van der Waals surface area (Å²) in [6.07, 6.45) is -4.75. The lowest BCUT2D eigenvalue weighted by atomic mass is 9.96.